The zero-order chi connectivity index (χ0) is 15.6. The van der Waals surface area contributed by atoms with Gasteiger partial charge in [0, 0.05) is 34.5 Å². The third-order valence-corrected chi connectivity index (χ3v) is 4.50. The van der Waals surface area contributed by atoms with Crippen LogP contribution in [0, 0.1) is 0 Å². The van der Waals surface area contributed by atoms with Crippen LogP contribution >= 0.6 is 15.9 Å². The van der Waals surface area contributed by atoms with Gasteiger partial charge in [-0.2, -0.15) is 5.10 Å². The number of halogens is 1. The summed E-state index contributed by atoms with van der Waals surface area (Å²) in [5.74, 6) is 0. The Kier molecular flexibility index (Phi) is 4.70. The minimum absolute atomic E-state index is 0.0764. The van der Waals surface area contributed by atoms with Crippen LogP contribution < -0.4 is 10.5 Å². The van der Waals surface area contributed by atoms with Gasteiger partial charge in [-0.15, -0.1) is 0 Å². The number of benzene rings is 1. The molecule has 0 unspecified atom stereocenters. The van der Waals surface area contributed by atoms with Crippen LogP contribution in [-0.4, -0.2) is 18.2 Å². The van der Waals surface area contributed by atoms with Crippen LogP contribution in [0.4, 0.5) is 5.69 Å². The fourth-order valence-corrected chi connectivity index (χ4v) is 2.97. The second-order valence-electron chi connectivity index (χ2n) is 4.96. The third kappa shape index (κ3) is 4.05. The van der Waals surface area contributed by atoms with E-state index in [0.717, 1.165) is 11.3 Å². The number of nitrogens with one attached hydrogen (secondary N) is 1. The van der Waals surface area contributed by atoms with Crippen LogP contribution in [0.5, 0.6) is 0 Å². The van der Waals surface area contributed by atoms with Crippen molar-refractivity contribution in [2.45, 2.75) is 31.3 Å². The summed E-state index contributed by atoms with van der Waals surface area (Å²) >= 11 is 3.34. The zero-order valence-corrected chi connectivity index (χ0v) is 14.1. The number of aromatic nitrogens is 2. The topological polar surface area (TPSA) is 90.0 Å². The Morgan fingerprint density at radius 1 is 1.43 bits per heavy atom. The van der Waals surface area contributed by atoms with Crippen molar-refractivity contribution in [1.29, 1.82) is 0 Å². The van der Waals surface area contributed by atoms with Gasteiger partial charge in [-0.25, -0.2) is 13.6 Å². The van der Waals surface area contributed by atoms with Crippen LogP contribution in [-0.2, 0) is 16.6 Å². The van der Waals surface area contributed by atoms with Gasteiger partial charge in [-0.3, -0.25) is 4.68 Å². The average molecular weight is 373 g/mol. The Morgan fingerprint density at radius 3 is 2.67 bits per heavy atom. The maximum atomic E-state index is 11.3. The summed E-state index contributed by atoms with van der Waals surface area (Å²) in [6.07, 6.45) is 3.78. The molecule has 0 spiro atoms. The summed E-state index contributed by atoms with van der Waals surface area (Å²) in [4.78, 5) is 0.0764. The number of primary sulfonamides is 1. The first-order valence-corrected chi connectivity index (χ1v) is 8.70. The molecule has 0 aliphatic carbocycles. The van der Waals surface area contributed by atoms with Crippen molar-refractivity contribution in [3.05, 3.63) is 40.6 Å². The van der Waals surface area contributed by atoms with E-state index >= 15 is 0 Å². The lowest BCUT2D eigenvalue weighted by molar-refractivity contribution is 0.532. The molecule has 0 aliphatic rings. The van der Waals surface area contributed by atoms with Crippen molar-refractivity contribution in [2.75, 3.05) is 5.32 Å². The van der Waals surface area contributed by atoms with Gasteiger partial charge in [0.15, 0.2) is 0 Å². The minimum atomic E-state index is -3.69. The highest BCUT2D eigenvalue weighted by Crippen LogP contribution is 2.25. The first kappa shape index (κ1) is 16.0. The lowest BCUT2D eigenvalue weighted by Crippen LogP contribution is -2.12. The van der Waals surface area contributed by atoms with E-state index in [4.69, 9.17) is 5.14 Å². The van der Waals surface area contributed by atoms with E-state index in [9.17, 15) is 8.42 Å². The number of sulfonamides is 1. The van der Waals surface area contributed by atoms with Crippen molar-refractivity contribution in [2.24, 2.45) is 5.14 Å². The molecule has 21 heavy (non-hydrogen) atoms. The van der Waals surface area contributed by atoms with Crippen molar-refractivity contribution in [3.8, 4) is 0 Å². The monoisotopic (exact) mass is 372 g/mol. The number of rotatable bonds is 5. The molecule has 0 bridgehead atoms. The van der Waals surface area contributed by atoms with E-state index in [2.05, 4.69) is 40.2 Å². The normalized spacial score (nSPS) is 11.9. The fraction of sp³-hybridized carbons (Fsp3) is 0.308. The van der Waals surface area contributed by atoms with Gasteiger partial charge in [-0.05, 0) is 48.0 Å². The van der Waals surface area contributed by atoms with Crippen LogP contribution in [0.3, 0.4) is 0 Å². The quantitative estimate of drug-likeness (QED) is 0.843. The standard InChI is InChI=1S/C13H17BrN4O2S/c1-9(2)18-8-10(7-17-18)6-16-13-4-3-11(5-12(13)14)21(15,19)20/h3-5,7-9,16H,6H2,1-2H3,(H2,15,19,20). The summed E-state index contributed by atoms with van der Waals surface area (Å²) in [5.41, 5.74) is 1.84. The summed E-state index contributed by atoms with van der Waals surface area (Å²) in [5, 5.41) is 12.6. The van der Waals surface area contributed by atoms with Crippen LogP contribution in [0.1, 0.15) is 25.5 Å². The maximum absolute atomic E-state index is 11.3. The molecule has 6 nitrogen and oxygen atoms in total. The van der Waals surface area contributed by atoms with Gasteiger partial charge in [-0.1, -0.05) is 0 Å². The van der Waals surface area contributed by atoms with E-state index in [1.54, 1.807) is 12.3 Å². The SMILES string of the molecule is CC(C)n1cc(CNc2ccc(S(N)(=O)=O)cc2Br)cn1. The molecule has 0 saturated heterocycles. The molecule has 1 aromatic carbocycles. The Morgan fingerprint density at radius 2 is 2.14 bits per heavy atom. The molecule has 2 aromatic rings. The van der Waals surface area contributed by atoms with Gasteiger partial charge in [0.1, 0.15) is 0 Å². The Labute approximate surface area is 132 Å². The molecular weight excluding hydrogens is 356 g/mol. The van der Waals surface area contributed by atoms with Crippen molar-refractivity contribution >= 4 is 31.6 Å². The molecule has 0 aliphatic heterocycles. The summed E-state index contributed by atoms with van der Waals surface area (Å²) in [7, 11) is -3.69. The highest BCUT2D eigenvalue weighted by Gasteiger charge is 2.10. The molecule has 1 heterocycles. The summed E-state index contributed by atoms with van der Waals surface area (Å²) in [6.45, 7) is 4.72. The molecular formula is C13H17BrN4O2S. The van der Waals surface area contributed by atoms with Crippen LogP contribution in [0.2, 0.25) is 0 Å². The van der Waals surface area contributed by atoms with Gasteiger partial charge < -0.3 is 5.32 Å². The maximum Gasteiger partial charge on any atom is 0.238 e. The number of anilines is 1. The molecule has 0 radical (unpaired) electrons. The zero-order valence-electron chi connectivity index (χ0n) is 11.7. The van der Waals surface area contributed by atoms with Crippen LogP contribution in [0.25, 0.3) is 0 Å². The first-order valence-electron chi connectivity index (χ1n) is 6.36. The molecule has 0 atom stereocenters. The second-order valence-corrected chi connectivity index (χ2v) is 7.38. The van der Waals surface area contributed by atoms with E-state index in [1.165, 1.54) is 12.1 Å². The number of nitrogens with zero attached hydrogens (tertiary/aromatic N) is 2. The smallest absolute Gasteiger partial charge is 0.238 e. The highest BCUT2D eigenvalue weighted by molar-refractivity contribution is 9.10. The molecule has 1 aromatic heterocycles. The molecule has 0 fully saturated rings. The second kappa shape index (κ2) is 6.17. The van der Waals surface area contributed by atoms with Crippen molar-refractivity contribution in [1.82, 2.24) is 9.78 Å². The predicted octanol–water partition coefficient (Wildman–Crippen LogP) is 2.49. The fourth-order valence-electron chi connectivity index (χ4n) is 1.76. The lowest BCUT2D eigenvalue weighted by atomic mass is 10.3. The summed E-state index contributed by atoms with van der Waals surface area (Å²) in [6, 6.07) is 4.95. The first-order chi connectivity index (χ1) is 9.77. The Balaban J connectivity index is 2.09. The van der Waals surface area contributed by atoms with E-state index < -0.39 is 10.0 Å². The number of hydrogen-bond acceptors (Lipinski definition) is 4. The third-order valence-electron chi connectivity index (χ3n) is 2.94. The van der Waals surface area contributed by atoms with Crippen molar-refractivity contribution < 1.29 is 8.42 Å². The predicted molar refractivity (Wildman–Crippen MR) is 85.5 cm³/mol. The Hall–Kier alpha value is -1.38. The number of hydrogen-bond donors (Lipinski definition) is 2. The largest absolute Gasteiger partial charge is 0.380 e. The van der Waals surface area contributed by atoms with Crippen LogP contribution in [0.15, 0.2) is 40.0 Å². The van der Waals surface area contributed by atoms with E-state index in [0.29, 0.717) is 17.1 Å². The van der Waals surface area contributed by atoms with Gasteiger partial charge in [0.2, 0.25) is 10.0 Å². The summed E-state index contributed by atoms with van der Waals surface area (Å²) < 4.78 is 25.1. The van der Waals surface area contributed by atoms with Gasteiger partial charge in [0.05, 0.1) is 11.1 Å². The molecule has 3 N–H and O–H groups in total. The van der Waals surface area contributed by atoms with Crippen molar-refractivity contribution in [3.63, 3.8) is 0 Å². The molecule has 0 amide bonds. The lowest BCUT2D eigenvalue weighted by Gasteiger charge is -2.09. The minimum Gasteiger partial charge on any atom is -0.380 e. The number of nitrogens with two attached hydrogens (primary N) is 1. The highest BCUT2D eigenvalue weighted by atomic mass is 79.9. The molecule has 2 rings (SSSR count). The molecule has 0 saturated carbocycles. The van der Waals surface area contributed by atoms with E-state index in [-0.39, 0.29) is 4.90 Å². The molecule has 114 valence electrons. The Bertz CT molecular complexity index is 740. The van der Waals surface area contributed by atoms with Gasteiger partial charge in [0.25, 0.3) is 0 Å². The molecule has 8 heteroatoms. The average Bonchev–Trinajstić information content (AvgIpc) is 2.85. The van der Waals surface area contributed by atoms with E-state index in [1.807, 2.05) is 10.9 Å². The van der Waals surface area contributed by atoms with Gasteiger partial charge >= 0.3 is 0 Å².